The van der Waals surface area contributed by atoms with Crippen molar-refractivity contribution < 1.29 is 4.79 Å². The maximum Gasteiger partial charge on any atom is 0.238 e. The number of aromatic nitrogens is 2. The maximum absolute atomic E-state index is 12.1. The van der Waals surface area contributed by atoms with Gasteiger partial charge in [0.1, 0.15) is 0 Å². The fraction of sp³-hybridized carbons (Fsp3) is 0.714. The van der Waals surface area contributed by atoms with E-state index in [0.29, 0.717) is 12.6 Å². The quantitative estimate of drug-likeness (QED) is 0.831. The first-order valence-electron chi connectivity index (χ1n) is 7.19. The van der Waals surface area contributed by atoms with Gasteiger partial charge in [-0.3, -0.25) is 14.4 Å². The average Bonchev–Trinajstić information content (AvgIpc) is 2.94. The van der Waals surface area contributed by atoms with Crippen LogP contribution in [-0.2, 0) is 11.8 Å². The van der Waals surface area contributed by atoms with Crippen molar-refractivity contribution in [1.29, 1.82) is 0 Å². The molecule has 0 bridgehead atoms. The first-order chi connectivity index (χ1) is 9.47. The lowest BCUT2D eigenvalue weighted by Crippen LogP contribution is -2.39. The second-order valence-electron chi connectivity index (χ2n) is 5.71. The van der Waals surface area contributed by atoms with Crippen molar-refractivity contribution in [2.45, 2.75) is 32.7 Å². The molecule has 0 saturated carbocycles. The summed E-state index contributed by atoms with van der Waals surface area (Å²) >= 11 is 0. The second kappa shape index (κ2) is 6.37. The molecule has 0 radical (unpaired) electrons. The average molecular weight is 279 g/mol. The van der Waals surface area contributed by atoms with Crippen LogP contribution in [-0.4, -0.2) is 53.3 Å². The van der Waals surface area contributed by atoms with E-state index in [4.69, 9.17) is 0 Å². The zero-order valence-electron chi connectivity index (χ0n) is 12.9. The third-order valence-electron chi connectivity index (χ3n) is 3.88. The molecule has 2 heterocycles. The highest BCUT2D eigenvalue weighted by atomic mass is 16.2. The van der Waals surface area contributed by atoms with Gasteiger partial charge in [-0.2, -0.15) is 5.10 Å². The molecule has 2 rings (SSSR count). The molecular formula is C14H25N5O. The molecule has 6 nitrogen and oxygen atoms in total. The molecule has 1 aromatic rings. The maximum atomic E-state index is 12.1. The van der Waals surface area contributed by atoms with E-state index >= 15 is 0 Å². The number of hydrogen-bond acceptors (Lipinski definition) is 4. The molecule has 1 aliphatic rings. The van der Waals surface area contributed by atoms with Gasteiger partial charge in [-0.05, 0) is 40.3 Å². The smallest absolute Gasteiger partial charge is 0.238 e. The topological polar surface area (TPSA) is 62.2 Å². The zero-order valence-corrected chi connectivity index (χ0v) is 12.9. The van der Waals surface area contributed by atoms with Crippen molar-refractivity contribution in [3.63, 3.8) is 0 Å². The number of nitrogens with zero attached hydrogens (tertiary/aromatic N) is 3. The van der Waals surface area contributed by atoms with E-state index in [-0.39, 0.29) is 5.91 Å². The molecule has 1 fully saturated rings. The third-order valence-corrected chi connectivity index (χ3v) is 3.88. The summed E-state index contributed by atoms with van der Waals surface area (Å²) in [5.74, 6) is 0.0182. The number of carbonyl (C=O) groups is 1. The number of amides is 1. The van der Waals surface area contributed by atoms with Gasteiger partial charge in [0.05, 0.1) is 23.6 Å². The highest BCUT2D eigenvalue weighted by Crippen LogP contribution is 2.18. The monoisotopic (exact) mass is 279 g/mol. The van der Waals surface area contributed by atoms with Crippen LogP contribution >= 0.6 is 0 Å². The lowest BCUT2D eigenvalue weighted by molar-refractivity contribution is -0.117. The summed E-state index contributed by atoms with van der Waals surface area (Å²) in [6, 6.07) is 0.523. The van der Waals surface area contributed by atoms with Crippen molar-refractivity contribution in [1.82, 2.24) is 20.0 Å². The van der Waals surface area contributed by atoms with E-state index in [9.17, 15) is 4.79 Å². The molecule has 1 atom stereocenters. The van der Waals surface area contributed by atoms with Crippen molar-refractivity contribution in [3.05, 3.63) is 11.4 Å². The Morgan fingerprint density at radius 3 is 2.85 bits per heavy atom. The Bertz CT molecular complexity index is 476. The van der Waals surface area contributed by atoms with Gasteiger partial charge in [-0.1, -0.05) is 0 Å². The highest BCUT2D eigenvalue weighted by molar-refractivity contribution is 5.93. The fourth-order valence-corrected chi connectivity index (χ4v) is 2.73. The molecular weight excluding hydrogens is 254 g/mol. The van der Waals surface area contributed by atoms with E-state index in [2.05, 4.69) is 20.6 Å². The van der Waals surface area contributed by atoms with Crippen LogP contribution in [0.4, 0.5) is 5.69 Å². The third kappa shape index (κ3) is 3.58. The van der Waals surface area contributed by atoms with Gasteiger partial charge in [-0.25, -0.2) is 0 Å². The molecule has 0 aromatic carbocycles. The minimum absolute atomic E-state index is 0.0182. The van der Waals surface area contributed by atoms with Crippen molar-refractivity contribution in [3.8, 4) is 0 Å². The van der Waals surface area contributed by atoms with Crippen LogP contribution in [0, 0.1) is 13.8 Å². The number of nitrogens with one attached hydrogen (secondary N) is 2. The molecule has 1 amide bonds. The minimum Gasteiger partial charge on any atom is -0.322 e. The number of hydrogen-bond donors (Lipinski definition) is 2. The molecule has 112 valence electrons. The van der Waals surface area contributed by atoms with Crippen LogP contribution in [0.2, 0.25) is 0 Å². The fourth-order valence-electron chi connectivity index (χ4n) is 2.73. The Hall–Kier alpha value is -1.40. The predicted molar refractivity (Wildman–Crippen MR) is 79.8 cm³/mol. The number of carbonyl (C=O) groups excluding carboxylic acids is 1. The molecule has 0 spiro atoms. The first-order valence-corrected chi connectivity index (χ1v) is 7.19. The van der Waals surface area contributed by atoms with Crippen LogP contribution in [0.3, 0.4) is 0 Å². The van der Waals surface area contributed by atoms with Crippen LogP contribution in [0.5, 0.6) is 0 Å². The molecule has 20 heavy (non-hydrogen) atoms. The molecule has 1 unspecified atom stereocenters. The predicted octanol–water partition coefficient (Wildman–Crippen LogP) is 0.659. The summed E-state index contributed by atoms with van der Waals surface area (Å²) in [5.41, 5.74) is 2.68. The molecule has 1 aliphatic heterocycles. The van der Waals surface area contributed by atoms with Crippen LogP contribution < -0.4 is 10.6 Å². The summed E-state index contributed by atoms with van der Waals surface area (Å²) in [5, 5.41) is 10.7. The number of aryl methyl sites for hydroxylation is 2. The van der Waals surface area contributed by atoms with E-state index in [1.807, 2.05) is 27.9 Å². The number of anilines is 1. The van der Waals surface area contributed by atoms with Gasteiger partial charge in [0, 0.05) is 19.6 Å². The first kappa shape index (κ1) is 15.0. The van der Waals surface area contributed by atoms with E-state index in [1.165, 1.54) is 12.8 Å². The number of likely N-dealkylation sites (N-methyl/N-ethyl adjacent to an activating group) is 1. The van der Waals surface area contributed by atoms with Crippen molar-refractivity contribution >= 4 is 11.6 Å². The molecule has 1 aromatic heterocycles. The summed E-state index contributed by atoms with van der Waals surface area (Å²) in [6.07, 6.45) is 2.44. The van der Waals surface area contributed by atoms with Gasteiger partial charge in [-0.15, -0.1) is 0 Å². The summed E-state index contributed by atoms with van der Waals surface area (Å²) < 4.78 is 1.79. The molecule has 2 N–H and O–H groups in total. The van der Waals surface area contributed by atoms with Gasteiger partial charge in [0.2, 0.25) is 5.91 Å². The van der Waals surface area contributed by atoms with Crippen molar-refractivity contribution in [2.24, 2.45) is 7.05 Å². The normalized spacial score (nSPS) is 18.8. The molecule has 0 aliphatic carbocycles. The Morgan fingerprint density at radius 2 is 2.30 bits per heavy atom. The standard InChI is InChI=1S/C14H25N5O/c1-10-14(11(2)19(4)17-10)16-13(20)9-18(3)8-12-6-5-7-15-12/h12,15H,5-9H2,1-4H3,(H,16,20). The Kier molecular flexibility index (Phi) is 4.77. The molecule has 1 saturated heterocycles. The van der Waals surface area contributed by atoms with E-state index < -0.39 is 0 Å². The van der Waals surface area contributed by atoms with Gasteiger partial charge in [0.25, 0.3) is 0 Å². The van der Waals surface area contributed by atoms with Gasteiger partial charge < -0.3 is 10.6 Å². The van der Waals surface area contributed by atoms with E-state index in [0.717, 1.165) is 30.2 Å². The largest absolute Gasteiger partial charge is 0.322 e. The zero-order chi connectivity index (χ0) is 14.7. The lowest BCUT2D eigenvalue weighted by Gasteiger charge is -2.20. The highest BCUT2D eigenvalue weighted by Gasteiger charge is 2.18. The van der Waals surface area contributed by atoms with Crippen LogP contribution in [0.1, 0.15) is 24.2 Å². The second-order valence-corrected chi connectivity index (χ2v) is 5.71. The lowest BCUT2D eigenvalue weighted by atomic mass is 10.2. The number of rotatable bonds is 5. The summed E-state index contributed by atoms with van der Waals surface area (Å²) in [6.45, 7) is 6.29. The Morgan fingerprint density at radius 1 is 1.55 bits per heavy atom. The van der Waals surface area contributed by atoms with Crippen molar-refractivity contribution in [2.75, 3.05) is 32.0 Å². The molecule has 6 heteroatoms. The van der Waals surface area contributed by atoms with Gasteiger partial charge in [0.15, 0.2) is 0 Å². The SMILES string of the molecule is Cc1nn(C)c(C)c1NC(=O)CN(C)CC1CCCN1. The Balaban J connectivity index is 1.85. The summed E-state index contributed by atoms with van der Waals surface area (Å²) in [4.78, 5) is 14.2. The van der Waals surface area contributed by atoms with E-state index in [1.54, 1.807) is 4.68 Å². The Labute approximate surface area is 120 Å². The van der Waals surface area contributed by atoms with Crippen LogP contribution in [0.15, 0.2) is 0 Å². The van der Waals surface area contributed by atoms with Gasteiger partial charge >= 0.3 is 0 Å². The summed E-state index contributed by atoms with van der Waals surface area (Å²) in [7, 11) is 3.87. The minimum atomic E-state index is 0.0182. The van der Waals surface area contributed by atoms with Crippen LogP contribution in [0.25, 0.3) is 0 Å².